The molecule has 8 atom stereocenters. The van der Waals surface area contributed by atoms with Crippen LogP contribution in [0.5, 0.6) is 0 Å². The number of esters is 1. The van der Waals surface area contributed by atoms with Gasteiger partial charge >= 0.3 is 5.97 Å². The Morgan fingerprint density at radius 2 is 0.938 bits per heavy atom. The molecule has 81 heavy (non-hydrogen) atoms. The highest BCUT2D eigenvalue weighted by atomic mass is 16.7. The van der Waals surface area contributed by atoms with E-state index in [1.165, 1.54) is 154 Å². The lowest BCUT2D eigenvalue weighted by atomic mass is 9.99. The van der Waals surface area contributed by atoms with Crippen LogP contribution in [0.25, 0.3) is 0 Å². The van der Waals surface area contributed by atoms with Crippen LogP contribution in [0.4, 0.5) is 0 Å². The van der Waals surface area contributed by atoms with Crippen molar-refractivity contribution in [1.82, 2.24) is 5.32 Å². The van der Waals surface area contributed by atoms with Crippen molar-refractivity contribution < 1.29 is 49.3 Å². The number of amides is 1. The van der Waals surface area contributed by atoms with Crippen LogP contribution in [-0.4, -0.2) is 99.6 Å². The predicted octanol–water partition coefficient (Wildman–Crippen LogP) is 16.5. The summed E-state index contributed by atoms with van der Waals surface area (Å²) in [5, 5.41) is 57.1. The van der Waals surface area contributed by atoms with Gasteiger partial charge in [-0.3, -0.25) is 9.59 Å². The molecule has 11 heteroatoms. The monoisotopic (exact) mass is 1140 g/mol. The molecule has 0 aromatic heterocycles. The Hall–Kier alpha value is -3.16. The largest absolute Gasteiger partial charge is 0.454 e. The number of rotatable bonds is 56. The van der Waals surface area contributed by atoms with Gasteiger partial charge in [-0.25, -0.2) is 0 Å². The number of ether oxygens (including phenoxy) is 3. The summed E-state index contributed by atoms with van der Waals surface area (Å²) in [6, 6.07) is -1.03. The van der Waals surface area contributed by atoms with Gasteiger partial charge in [-0.2, -0.15) is 0 Å². The van der Waals surface area contributed by atoms with Crippen LogP contribution in [0.3, 0.4) is 0 Å². The number of nitrogens with one attached hydrogen (secondary N) is 1. The minimum atomic E-state index is -1.63. The quantitative estimate of drug-likeness (QED) is 0.0149. The Bertz CT molecular complexity index is 1640. The highest BCUT2D eigenvalue weighted by Gasteiger charge is 2.47. The van der Waals surface area contributed by atoms with Crippen LogP contribution in [0.2, 0.25) is 0 Å². The normalized spacial score (nSPS) is 19.2. The molecule has 1 amide bonds. The molecular weight excluding hydrogens is 1010 g/mol. The van der Waals surface area contributed by atoms with Gasteiger partial charge in [-0.15, -0.1) is 0 Å². The molecule has 0 aromatic rings. The van der Waals surface area contributed by atoms with E-state index in [-0.39, 0.29) is 19.4 Å². The van der Waals surface area contributed by atoms with Crippen molar-refractivity contribution in [2.45, 2.75) is 333 Å². The Balaban J connectivity index is 2.62. The summed E-state index contributed by atoms with van der Waals surface area (Å²) in [5.74, 6) is -1.22. The molecule has 0 spiro atoms. The molecule has 0 saturated carbocycles. The van der Waals surface area contributed by atoms with E-state index in [0.717, 1.165) is 83.5 Å². The molecule has 0 aromatic carbocycles. The van der Waals surface area contributed by atoms with E-state index in [2.05, 4.69) is 68.6 Å². The molecule has 8 unspecified atom stereocenters. The molecule has 1 rings (SSSR count). The average molecular weight is 1140 g/mol. The van der Waals surface area contributed by atoms with Crippen molar-refractivity contribution >= 4 is 11.9 Å². The summed E-state index contributed by atoms with van der Waals surface area (Å²) < 4.78 is 17.6. The number of hydrogen-bond acceptors (Lipinski definition) is 10. The molecule has 1 saturated heterocycles. The van der Waals surface area contributed by atoms with E-state index in [4.69, 9.17) is 14.2 Å². The number of allylic oxidation sites excluding steroid dienone is 13. The molecule has 1 aliphatic rings. The number of carbonyl (C=O) groups is 2. The fourth-order valence-electron chi connectivity index (χ4n) is 10.1. The van der Waals surface area contributed by atoms with Gasteiger partial charge in [0.1, 0.15) is 24.4 Å². The van der Waals surface area contributed by atoms with Crippen LogP contribution >= 0.6 is 0 Å². The molecule has 0 aliphatic carbocycles. The van der Waals surface area contributed by atoms with Crippen molar-refractivity contribution in [3.05, 3.63) is 85.1 Å². The minimum Gasteiger partial charge on any atom is -0.454 e. The van der Waals surface area contributed by atoms with Gasteiger partial charge in [-0.1, -0.05) is 286 Å². The third-order valence-corrected chi connectivity index (χ3v) is 15.4. The number of aliphatic hydroxyl groups excluding tert-OH is 5. The predicted molar refractivity (Wildman–Crippen MR) is 338 cm³/mol. The number of hydrogen-bond donors (Lipinski definition) is 6. The van der Waals surface area contributed by atoms with Gasteiger partial charge in [-0.05, 0) is 77.0 Å². The van der Waals surface area contributed by atoms with E-state index >= 15 is 0 Å². The van der Waals surface area contributed by atoms with Crippen molar-refractivity contribution in [2.75, 3.05) is 13.2 Å². The third kappa shape index (κ3) is 45.0. The Morgan fingerprint density at radius 1 is 0.506 bits per heavy atom. The zero-order valence-electron chi connectivity index (χ0n) is 51.9. The average Bonchev–Trinajstić information content (AvgIpc) is 3.53. The lowest BCUT2D eigenvalue weighted by Gasteiger charge is -2.41. The molecule has 1 heterocycles. The molecule has 6 N–H and O–H groups in total. The van der Waals surface area contributed by atoms with Crippen LogP contribution in [-0.2, 0) is 23.8 Å². The van der Waals surface area contributed by atoms with Crippen molar-refractivity contribution in [3.63, 3.8) is 0 Å². The Morgan fingerprint density at radius 3 is 1.46 bits per heavy atom. The lowest BCUT2D eigenvalue weighted by molar-refractivity contribution is -0.305. The standard InChI is InChI=1S/C70H123NO10/c1-4-7-10-13-16-19-22-25-27-28-29-30-31-32-33-34-35-37-39-42-45-48-51-54-57-63(74)69(78)71-61(62(73)56-53-50-47-44-41-38-24-21-18-15-12-9-6-3)60-79-70-68(67(77)66(76)64(59-72)80-70)81-65(75)58-55-52-49-46-43-40-36-26-23-20-17-14-11-8-5-2/h8,11,14,16-17,19-20,23,25-27,36,53,56,61-64,66-68,70,72-74,76-77H,4-7,9-10,12-13,15,18,21-22,24,28-35,37-52,54-55,57-60H2,1-3H3,(H,71,78)/b11-8+,17-14+,19-16-,23-20+,27-25-,36-26-,56-53+. The maximum atomic E-state index is 13.5. The second-order valence-corrected chi connectivity index (χ2v) is 22.9. The summed E-state index contributed by atoms with van der Waals surface area (Å²) in [5.41, 5.74) is 0. The van der Waals surface area contributed by atoms with Crippen LogP contribution in [0, 0.1) is 0 Å². The summed E-state index contributed by atoms with van der Waals surface area (Å²) in [7, 11) is 0. The maximum absolute atomic E-state index is 13.5. The maximum Gasteiger partial charge on any atom is 0.306 e. The van der Waals surface area contributed by atoms with Gasteiger partial charge in [0.25, 0.3) is 0 Å². The number of unbranched alkanes of at least 4 members (excludes halogenated alkanes) is 33. The van der Waals surface area contributed by atoms with Gasteiger partial charge in [0.05, 0.1) is 25.4 Å². The number of carbonyl (C=O) groups excluding carboxylic acids is 2. The van der Waals surface area contributed by atoms with Gasteiger partial charge in [0, 0.05) is 6.42 Å². The van der Waals surface area contributed by atoms with E-state index in [1.54, 1.807) is 6.08 Å². The fourth-order valence-corrected chi connectivity index (χ4v) is 10.1. The van der Waals surface area contributed by atoms with Crippen LogP contribution in [0.15, 0.2) is 85.1 Å². The van der Waals surface area contributed by atoms with Crippen molar-refractivity contribution in [2.24, 2.45) is 0 Å². The van der Waals surface area contributed by atoms with Crippen molar-refractivity contribution in [1.29, 1.82) is 0 Å². The highest BCUT2D eigenvalue weighted by molar-refractivity contribution is 5.80. The first-order valence-corrected chi connectivity index (χ1v) is 33.4. The van der Waals surface area contributed by atoms with Gasteiger partial charge < -0.3 is 45.1 Å². The zero-order chi connectivity index (χ0) is 58.9. The first kappa shape index (κ1) is 75.9. The minimum absolute atomic E-state index is 0.0949. The van der Waals surface area contributed by atoms with Crippen molar-refractivity contribution in [3.8, 4) is 0 Å². The molecule has 1 aliphatic heterocycles. The van der Waals surface area contributed by atoms with Crippen LogP contribution in [0.1, 0.15) is 284 Å². The highest BCUT2D eigenvalue weighted by Crippen LogP contribution is 2.26. The first-order chi connectivity index (χ1) is 39.7. The lowest BCUT2D eigenvalue weighted by Crippen LogP contribution is -2.61. The van der Waals surface area contributed by atoms with E-state index in [0.29, 0.717) is 12.8 Å². The first-order valence-electron chi connectivity index (χ1n) is 33.4. The Kier molecular flexibility index (Phi) is 53.6. The second kappa shape index (κ2) is 57.3. The van der Waals surface area contributed by atoms with E-state index < -0.39 is 67.4 Å². The molecule has 0 bridgehead atoms. The Labute approximate surface area is 495 Å². The van der Waals surface area contributed by atoms with Crippen LogP contribution < -0.4 is 5.32 Å². The molecule has 468 valence electrons. The summed E-state index contributed by atoms with van der Waals surface area (Å²) in [6.07, 6.45) is 64.8. The molecule has 1 fully saturated rings. The summed E-state index contributed by atoms with van der Waals surface area (Å²) in [4.78, 5) is 26.6. The smallest absolute Gasteiger partial charge is 0.306 e. The van der Waals surface area contributed by atoms with E-state index in [1.807, 2.05) is 36.5 Å². The topological polar surface area (TPSA) is 175 Å². The second-order valence-electron chi connectivity index (χ2n) is 22.9. The van der Waals surface area contributed by atoms with E-state index in [9.17, 15) is 35.1 Å². The summed E-state index contributed by atoms with van der Waals surface area (Å²) >= 11 is 0. The SMILES string of the molecule is CC/C=C/C=C/C=C/C=C\CCCCCCCC(=O)OC1C(OCC(NC(=O)C(O)CCCCCCCCCCCCCCCC/C=C\C/C=C\CCCCC)C(O)/C=C/CCCCCCCCCCCCC)OC(CO)C(O)C1O. The zero-order valence-corrected chi connectivity index (χ0v) is 51.9. The third-order valence-electron chi connectivity index (χ3n) is 15.4. The fraction of sp³-hybridized carbons (Fsp3) is 0.771. The molecule has 11 nitrogen and oxygen atoms in total. The summed E-state index contributed by atoms with van der Waals surface area (Å²) in [6.45, 7) is 5.63. The molecule has 0 radical (unpaired) electrons. The van der Waals surface area contributed by atoms with Gasteiger partial charge in [0.2, 0.25) is 5.91 Å². The molecular formula is C70H123NO10. The number of aliphatic hydroxyl groups is 5. The van der Waals surface area contributed by atoms with Gasteiger partial charge in [0.15, 0.2) is 12.4 Å².